The quantitative estimate of drug-likeness (QED) is 0.742. The van der Waals surface area contributed by atoms with E-state index in [2.05, 4.69) is 10.3 Å². The van der Waals surface area contributed by atoms with Crippen LogP contribution in [0.15, 0.2) is 39.6 Å². The number of nitrogens with zero attached hydrogens (tertiary/aromatic N) is 1. The molecule has 1 aromatic heterocycles. The summed E-state index contributed by atoms with van der Waals surface area (Å²) in [6, 6.07) is 5.80. The van der Waals surface area contributed by atoms with Crippen LogP contribution in [0.2, 0.25) is 0 Å². The van der Waals surface area contributed by atoms with Crippen LogP contribution in [0.4, 0.5) is 10.8 Å². The van der Waals surface area contributed by atoms with Gasteiger partial charge in [0.1, 0.15) is 4.21 Å². The number of thiazole rings is 1. The summed E-state index contributed by atoms with van der Waals surface area (Å²) in [6.07, 6.45) is 1.32. The van der Waals surface area contributed by atoms with Crippen LogP contribution in [0.1, 0.15) is 0 Å². The average Bonchev–Trinajstić information content (AvgIpc) is 2.88. The Morgan fingerprint density at radius 1 is 1.28 bits per heavy atom. The van der Waals surface area contributed by atoms with Crippen LogP contribution in [0.3, 0.4) is 0 Å². The molecule has 8 heteroatoms. The number of benzene rings is 1. The minimum absolute atomic E-state index is 0.160. The van der Waals surface area contributed by atoms with Crippen LogP contribution in [0.5, 0.6) is 0 Å². The highest BCUT2D eigenvalue weighted by Gasteiger charge is 2.20. The molecule has 96 valence electrons. The van der Waals surface area contributed by atoms with E-state index in [-0.39, 0.29) is 9.10 Å². The Hall–Kier alpha value is -1.64. The van der Waals surface area contributed by atoms with Crippen molar-refractivity contribution in [2.24, 2.45) is 0 Å². The Morgan fingerprint density at radius 2 is 1.94 bits per heavy atom. The Bertz CT molecular complexity index is 635. The molecule has 0 aliphatic heterocycles. The molecule has 0 saturated carbocycles. The number of rotatable bonds is 4. The molecule has 0 aliphatic carbocycles. The second kappa shape index (κ2) is 4.92. The minimum Gasteiger partial charge on any atom is -0.365 e. The van der Waals surface area contributed by atoms with Gasteiger partial charge < -0.3 is 5.32 Å². The Morgan fingerprint density at radius 3 is 2.44 bits per heavy atom. The summed E-state index contributed by atoms with van der Waals surface area (Å²) in [5, 5.41) is 12.0. The maximum absolute atomic E-state index is 12.2. The zero-order valence-electron chi connectivity index (χ0n) is 9.41. The Balaban J connectivity index is 2.40. The second-order valence-electron chi connectivity index (χ2n) is 3.37. The van der Waals surface area contributed by atoms with Gasteiger partial charge in [-0.25, -0.2) is 13.4 Å². The van der Waals surface area contributed by atoms with Crippen molar-refractivity contribution in [1.29, 1.82) is 0 Å². The third-order valence-electron chi connectivity index (χ3n) is 2.26. The minimum atomic E-state index is -3.55. The fourth-order valence-electron chi connectivity index (χ4n) is 1.32. The summed E-state index contributed by atoms with van der Waals surface area (Å²) < 4.78 is 24.6. The molecule has 6 nitrogen and oxygen atoms in total. The molecular formula is C10H11N3O3S2. The predicted molar refractivity (Wildman–Crippen MR) is 69.0 cm³/mol. The van der Waals surface area contributed by atoms with E-state index in [1.54, 1.807) is 7.05 Å². The van der Waals surface area contributed by atoms with Gasteiger partial charge in [-0.3, -0.25) is 10.7 Å². The van der Waals surface area contributed by atoms with Crippen molar-refractivity contribution in [3.63, 3.8) is 0 Å². The lowest BCUT2D eigenvalue weighted by atomic mass is 10.3. The van der Waals surface area contributed by atoms with Crippen molar-refractivity contribution in [1.82, 2.24) is 4.98 Å². The van der Waals surface area contributed by atoms with Gasteiger partial charge in [-0.1, -0.05) is 11.3 Å². The first-order chi connectivity index (χ1) is 8.57. The summed E-state index contributed by atoms with van der Waals surface area (Å²) in [4.78, 5) is 4.10. The number of hydrogen-bond donors (Lipinski definition) is 3. The molecule has 1 heterocycles. The zero-order valence-corrected chi connectivity index (χ0v) is 11.0. The number of sulfone groups is 1. The molecule has 0 aliphatic rings. The molecule has 0 atom stereocenters. The highest BCUT2D eigenvalue weighted by atomic mass is 32.2. The van der Waals surface area contributed by atoms with Crippen LogP contribution >= 0.6 is 11.3 Å². The molecule has 0 radical (unpaired) electrons. The molecule has 0 bridgehead atoms. The highest BCUT2D eigenvalue weighted by molar-refractivity contribution is 7.93. The lowest BCUT2D eigenvalue weighted by Gasteiger charge is -2.02. The van der Waals surface area contributed by atoms with Crippen molar-refractivity contribution < 1.29 is 13.6 Å². The largest absolute Gasteiger partial charge is 0.365 e. The molecule has 0 spiro atoms. The maximum Gasteiger partial charge on any atom is 0.217 e. The van der Waals surface area contributed by atoms with E-state index in [1.165, 1.54) is 30.5 Å². The van der Waals surface area contributed by atoms with Gasteiger partial charge in [0.25, 0.3) is 0 Å². The van der Waals surface area contributed by atoms with Crippen LogP contribution in [-0.2, 0) is 9.84 Å². The van der Waals surface area contributed by atoms with E-state index >= 15 is 0 Å². The average molecular weight is 285 g/mol. The van der Waals surface area contributed by atoms with Gasteiger partial charge in [-0.05, 0) is 24.3 Å². The predicted octanol–water partition coefficient (Wildman–Crippen LogP) is 1.82. The van der Waals surface area contributed by atoms with Gasteiger partial charge >= 0.3 is 0 Å². The van der Waals surface area contributed by atoms with Crippen LogP contribution in [0, 0.1) is 0 Å². The van der Waals surface area contributed by atoms with Gasteiger partial charge in [0, 0.05) is 7.05 Å². The fraction of sp³-hybridized carbons (Fsp3) is 0.100. The topological polar surface area (TPSA) is 91.3 Å². The van der Waals surface area contributed by atoms with Crippen LogP contribution in [0.25, 0.3) is 0 Å². The van der Waals surface area contributed by atoms with Crippen molar-refractivity contribution in [2.45, 2.75) is 9.10 Å². The molecule has 0 amide bonds. The van der Waals surface area contributed by atoms with E-state index < -0.39 is 9.84 Å². The molecule has 3 N–H and O–H groups in total. The summed E-state index contributed by atoms with van der Waals surface area (Å²) in [5.41, 5.74) is 2.37. The summed E-state index contributed by atoms with van der Waals surface area (Å²) >= 11 is 1.07. The summed E-state index contributed by atoms with van der Waals surface area (Å²) in [5.74, 6) is 0. The maximum atomic E-state index is 12.2. The second-order valence-corrected chi connectivity index (χ2v) is 6.58. The number of nitrogens with one attached hydrogen (secondary N) is 2. The van der Waals surface area contributed by atoms with Crippen LogP contribution in [-0.4, -0.2) is 25.7 Å². The molecule has 2 rings (SSSR count). The van der Waals surface area contributed by atoms with Crippen LogP contribution < -0.4 is 10.8 Å². The first-order valence-electron chi connectivity index (χ1n) is 4.97. The molecule has 18 heavy (non-hydrogen) atoms. The molecule has 1 aromatic carbocycles. The molecule has 0 unspecified atom stereocenters. The molecule has 0 fully saturated rings. The first kappa shape index (κ1) is 12.8. The van der Waals surface area contributed by atoms with Gasteiger partial charge in [0.2, 0.25) is 9.84 Å². The lowest BCUT2D eigenvalue weighted by molar-refractivity contribution is 0.389. The smallest absolute Gasteiger partial charge is 0.217 e. The van der Waals surface area contributed by atoms with E-state index in [4.69, 9.17) is 5.21 Å². The normalized spacial score (nSPS) is 11.2. The van der Waals surface area contributed by atoms with Gasteiger partial charge in [-0.15, -0.1) is 0 Å². The van der Waals surface area contributed by atoms with Gasteiger partial charge in [0.15, 0.2) is 5.13 Å². The van der Waals surface area contributed by atoms with Crippen molar-refractivity contribution >= 4 is 32.0 Å². The molecular weight excluding hydrogens is 274 g/mol. The number of aromatic nitrogens is 1. The SMILES string of the molecule is CNc1ncc(S(=O)(=O)c2ccc(NO)cc2)s1. The highest BCUT2D eigenvalue weighted by Crippen LogP contribution is 2.28. The zero-order chi connectivity index (χ0) is 13.2. The van der Waals surface area contributed by atoms with Crippen molar-refractivity contribution in [2.75, 3.05) is 17.8 Å². The van der Waals surface area contributed by atoms with Gasteiger partial charge in [-0.2, -0.15) is 0 Å². The summed E-state index contributed by atoms with van der Waals surface area (Å²) in [6.45, 7) is 0. The third kappa shape index (κ3) is 2.30. The van der Waals surface area contributed by atoms with E-state index in [9.17, 15) is 8.42 Å². The van der Waals surface area contributed by atoms with Crippen molar-refractivity contribution in [3.8, 4) is 0 Å². The van der Waals surface area contributed by atoms with E-state index in [0.29, 0.717) is 10.8 Å². The number of anilines is 2. The van der Waals surface area contributed by atoms with E-state index in [1.807, 2.05) is 5.48 Å². The monoisotopic (exact) mass is 285 g/mol. The lowest BCUT2D eigenvalue weighted by Crippen LogP contribution is -2.00. The van der Waals surface area contributed by atoms with E-state index in [0.717, 1.165) is 11.3 Å². The molecule has 2 aromatic rings. The van der Waals surface area contributed by atoms with Gasteiger partial charge in [0.05, 0.1) is 16.8 Å². The first-order valence-corrected chi connectivity index (χ1v) is 7.26. The number of hydrogen-bond acceptors (Lipinski definition) is 7. The Labute approximate surface area is 108 Å². The standard InChI is InChI=1S/C10H11N3O3S2/c1-11-10-12-6-9(17-10)18(15,16)8-4-2-7(13-14)3-5-8/h2-6,13-14H,1H3,(H,11,12). The third-order valence-corrected chi connectivity index (χ3v) is 5.50. The Kier molecular flexibility index (Phi) is 3.50. The summed E-state index contributed by atoms with van der Waals surface area (Å²) in [7, 11) is -1.87. The molecule has 0 saturated heterocycles. The fourth-order valence-corrected chi connectivity index (χ4v) is 3.71. The van der Waals surface area contributed by atoms with Crippen molar-refractivity contribution in [3.05, 3.63) is 30.5 Å².